The summed E-state index contributed by atoms with van der Waals surface area (Å²) in [7, 11) is -3.83. The number of rotatable bonds is 16. The standard InChI is InChI=1S/C64H85FN14O7S/c1-40-33-76(24-23-75(40)35-49-36-78(61(82)86-62(5,6)7)41(2)34-77(49)37-55(80)79-38-64(11,12)56-52(79)27-46(30-66-56)26-45-15-17-48(65)18-16-45)59(81)47-31-67-60(68-32-47)74-21-19-44(20-22-74)14-13-25-85-53-29-51-50(28-54(53)87(83,84)63(8,9)10)58(70-39-69-51)71-57-42(3)43(4)72-73-57/h15-18,27-32,39-41,44,49H,13-14,19-26,33-38H2,1-12H3,(H2,69,70,71,72,73)/t40?,41-,49+/m1/s1. The molecule has 23 heteroatoms. The molecule has 466 valence electrons. The lowest BCUT2D eigenvalue weighted by atomic mass is 9.91. The van der Waals surface area contributed by atoms with E-state index in [1.165, 1.54) is 18.5 Å². The third kappa shape index (κ3) is 14.0. The first kappa shape index (κ1) is 62.7. The summed E-state index contributed by atoms with van der Waals surface area (Å²) >= 11 is 0. The van der Waals surface area contributed by atoms with E-state index in [9.17, 15) is 27.2 Å². The summed E-state index contributed by atoms with van der Waals surface area (Å²) in [6.07, 6.45) is 10.2. The number of fused-ring (bicyclic) bond motifs is 2. The minimum atomic E-state index is -3.83. The quantitative estimate of drug-likeness (QED) is 0.0861. The van der Waals surface area contributed by atoms with Gasteiger partial charge in [0.15, 0.2) is 9.84 Å². The largest absolute Gasteiger partial charge is 0.492 e. The molecule has 2 N–H and O–H groups in total. The van der Waals surface area contributed by atoms with E-state index in [4.69, 9.17) is 24.4 Å². The van der Waals surface area contributed by atoms with Gasteiger partial charge in [0.05, 0.1) is 46.1 Å². The number of hydrogen-bond donors (Lipinski definition) is 2. The Hall–Kier alpha value is -7.37. The molecule has 8 heterocycles. The van der Waals surface area contributed by atoms with Crippen molar-refractivity contribution in [2.45, 2.75) is 154 Å². The molecule has 4 aliphatic heterocycles. The van der Waals surface area contributed by atoms with Crippen molar-refractivity contribution in [1.82, 2.24) is 54.7 Å². The van der Waals surface area contributed by atoms with Crippen molar-refractivity contribution in [3.63, 3.8) is 0 Å². The normalized spacial score (nSPS) is 19.8. The van der Waals surface area contributed by atoms with Gasteiger partial charge in [-0.1, -0.05) is 26.0 Å². The lowest BCUT2D eigenvalue weighted by Gasteiger charge is -2.48. The molecule has 3 atom stereocenters. The Morgan fingerprint density at radius 3 is 2.23 bits per heavy atom. The molecular weight excluding hydrogens is 1130 g/mol. The highest BCUT2D eigenvalue weighted by Gasteiger charge is 2.44. The molecule has 0 saturated carbocycles. The van der Waals surface area contributed by atoms with E-state index in [-0.39, 0.29) is 64.5 Å². The Morgan fingerprint density at radius 1 is 0.839 bits per heavy atom. The first-order valence-corrected chi connectivity index (χ1v) is 31.9. The highest BCUT2D eigenvalue weighted by atomic mass is 32.2. The molecule has 4 aliphatic rings. The molecule has 3 saturated heterocycles. The fraction of sp³-hybridized carbons (Fsp3) is 0.547. The number of carbonyl (C=O) groups is 3. The van der Waals surface area contributed by atoms with Crippen LogP contribution in [0.25, 0.3) is 10.9 Å². The molecule has 21 nitrogen and oxygen atoms in total. The van der Waals surface area contributed by atoms with Crippen molar-refractivity contribution >= 4 is 61.9 Å². The summed E-state index contributed by atoms with van der Waals surface area (Å²) in [5, 5.41) is 11.1. The van der Waals surface area contributed by atoms with Gasteiger partial charge in [-0.25, -0.2) is 37.5 Å². The number of halogens is 1. The second-order valence-corrected chi connectivity index (χ2v) is 29.5. The monoisotopic (exact) mass is 1210 g/mol. The number of sulfone groups is 1. The van der Waals surface area contributed by atoms with Crippen molar-refractivity contribution < 1.29 is 36.7 Å². The maximum atomic E-state index is 14.7. The molecular formula is C64H85FN14O7S. The summed E-state index contributed by atoms with van der Waals surface area (Å²) in [5.41, 5.74) is 5.21. The van der Waals surface area contributed by atoms with E-state index in [2.05, 4.69) is 61.0 Å². The summed E-state index contributed by atoms with van der Waals surface area (Å²) in [6, 6.07) is 11.3. The van der Waals surface area contributed by atoms with Crippen LogP contribution in [0.4, 0.5) is 32.5 Å². The smallest absolute Gasteiger partial charge is 0.410 e. The van der Waals surface area contributed by atoms with Gasteiger partial charge >= 0.3 is 6.09 Å². The van der Waals surface area contributed by atoms with Gasteiger partial charge in [-0.05, 0) is 143 Å². The van der Waals surface area contributed by atoms with Gasteiger partial charge in [0.1, 0.15) is 40.0 Å². The number of benzene rings is 2. The van der Waals surface area contributed by atoms with Crippen LogP contribution in [0, 0.1) is 25.6 Å². The molecule has 0 radical (unpaired) electrons. The minimum absolute atomic E-state index is 0.0330. The Labute approximate surface area is 510 Å². The van der Waals surface area contributed by atoms with Gasteiger partial charge in [-0.15, -0.1) is 0 Å². The number of aromatic nitrogens is 7. The number of aromatic amines is 1. The zero-order valence-corrected chi connectivity index (χ0v) is 53.3. The number of carbonyl (C=O) groups excluding carboxylic acids is 3. The lowest BCUT2D eigenvalue weighted by Crippen LogP contribution is -2.65. The zero-order chi connectivity index (χ0) is 62.3. The predicted molar refractivity (Wildman–Crippen MR) is 333 cm³/mol. The molecule has 1 unspecified atom stereocenters. The van der Waals surface area contributed by atoms with Gasteiger partial charge < -0.3 is 34.4 Å². The van der Waals surface area contributed by atoms with E-state index in [0.717, 1.165) is 72.5 Å². The van der Waals surface area contributed by atoms with Crippen LogP contribution in [0.5, 0.6) is 5.75 Å². The van der Waals surface area contributed by atoms with E-state index in [1.54, 1.807) is 62.3 Å². The highest BCUT2D eigenvalue weighted by molar-refractivity contribution is 7.92. The van der Waals surface area contributed by atoms with Crippen LogP contribution in [0.1, 0.15) is 133 Å². The fourth-order valence-corrected chi connectivity index (χ4v) is 13.6. The lowest BCUT2D eigenvalue weighted by molar-refractivity contribution is -0.121. The van der Waals surface area contributed by atoms with Crippen LogP contribution in [-0.2, 0) is 31.2 Å². The summed E-state index contributed by atoms with van der Waals surface area (Å²) in [4.78, 5) is 78.0. The Bertz CT molecular complexity index is 3600. The molecule has 87 heavy (non-hydrogen) atoms. The SMILES string of the molecule is Cc1n[nH]c(Nc2ncnc3cc(OCCCC4CCN(c5ncc(C(=O)N6CCN(C[C@H]7CN(C(=O)OC(C)(C)C)[C@H](C)CN7CC(=O)N7CC(C)(C)c8ncc(Cc9ccc(F)cc9)cc87)C(C)C6)cn5)CC4)c(S(=O)(=O)C(C)(C)C)cc23)c1C. The molecule has 6 aromatic rings. The molecule has 10 rings (SSSR count). The van der Waals surface area contributed by atoms with Crippen molar-refractivity contribution in [3.8, 4) is 5.75 Å². The maximum Gasteiger partial charge on any atom is 0.410 e. The van der Waals surface area contributed by atoms with Gasteiger partial charge in [0.25, 0.3) is 5.91 Å². The van der Waals surface area contributed by atoms with Gasteiger partial charge in [-0.2, -0.15) is 5.10 Å². The topological polar surface area (TPSA) is 228 Å². The van der Waals surface area contributed by atoms with Crippen LogP contribution >= 0.6 is 0 Å². The highest BCUT2D eigenvalue weighted by Crippen LogP contribution is 2.41. The van der Waals surface area contributed by atoms with Crippen molar-refractivity contribution in [3.05, 3.63) is 107 Å². The number of aryl methyl sites for hydroxylation is 1. The van der Waals surface area contributed by atoms with E-state index in [0.29, 0.717) is 98.8 Å². The van der Waals surface area contributed by atoms with Gasteiger partial charge in [-0.3, -0.25) is 29.5 Å². The first-order valence-electron chi connectivity index (χ1n) is 30.5. The molecule has 0 aliphatic carbocycles. The first-order chi connectivity index (χ1) is 41.1. The van der Waals surface area contributed by atoms with Crippen LogP contribution in [0.3, 0.4) is 0 Å². The summed E-state index contributed by atoms with van der Waals surface area (Å²) in [6.45, 7) is 28.2. The molecule has 0 bridgehead atoms. The number of pyridine rings is 1. The summed E-state index contributed by atoms with van der Waals surface area (Å²) in [5.74, 6) is 1.93. The van der Waals surface area contributed by atoms with Crippen LogP contribution in [0.15, 0.2) is 72.3 Å². The van der Waals surface area contributed by atoms with Gasteiger partial charge in [0.2, 0.25) is 11.9 Å². The van der Waals surface area contributed by atoms with Crippen LogP contribution < -0.4 is 19.9 Å². The van der Waals surface area contributed by atoms with Crippen molar-refractivity contribution in [2.24, 2.45) is 5.92 Å². The number of anilines is 4. The second kappa shape index (κ2) is 25.0. The molecule has 2 aromatic carbocycles. The minimum Gasteiger partial charge on any atom is -0.492 e. The second-order valence-electron chi connectivity index (χ2n) is 26.8. The number of ether oxygens (including phenoxy) is 2. The average Bonchev–Trinajstić information content (AvgIpc) is 1.91. The van der Waals surface area contributed by atoms with Gasteiger partial charge in [0, 0.05) is 118 Å². The third-order valence-electron chi connectivity index (χ3n) is 17.5. The number of piperazine rings is 2. The molecule has 4 aromatic heterocycles. The van der Waals surface area contributed by atoms with Crippen LogP contribution in [-0.4, -0.2) is 182 Å². The van der Waals surface area contributed by atoms with Crippen LogP contribution in [0.2, 0.25) is 0 Å². The van der Waals surface area contributed by atoms with E-state index < -0.39 is 20.2 Å². The molecule has 0 spiro atoms. The number of nitrogens with one attached hydrogen (secondary N) is 2. The van der Waals surface area contributed by atoms with Crippen molar-refractivity contribution in [1.29, 1.82) is 0 Å². The Kier molecular flexibility index (Phi) is 18.0. The molecule has 3 fully saturated rings. The molecule has 3 amide bonds. The maximum absolute atomic E-state index is 14.7. The number of H-pyrrole nitrogens is 1. The Morgan fingerprint density at radius 2 is 1.56 bits per heavy atom. The number of nitrogens with zero attached hydrogens (tertiary/aromatic N) is 12. The number of piperidine rings is 1. The number of amides is 3. The fourth-order valence-electron chi connectivity index (χ4n) is 12.3. The Balaban J connectivity index is 0.728. The van der Waals surface area contributed by atoms with E-state index in [1.807, 2.05) is 63.6 Å². The van der Waals surface area contributed by atoms with E-state index >= 15 is 0 Å². The predicted octanol–water partition coefficient (Wildman–Crippen LogP) is 9.06. The zero-order valence-electron chi connectivity index (χ0n) is 52.5. The number of hydrogen-bond acceptors (Lipinski definition) is 17. The average molecular weight is 1210 g/mol. The van der Waals surface area contributed by atoms with Crippen molar-refractivity contribution in [2.75, 3.05) is 87.2 Å². The summed E-state index contributed by atoms with van der Waals surface area (Å²) < 4.78 is 52.9. The third-order valence-corrected chi connectivity index (χ3v) is 20.1.